The summed E-state index contributed by atoms with van der Waals surface area (Å²) in [5, 5.41) is 10.2. The van der Waals surface area contributed by atoms with Gasteiger partial charge in [-0.3, -0.25) is 0 Å². The molecule has 0 atom stereocenters. The summed E-state index contributed by atoms with van der Waals surface area (Å²) in [6, 6.07) is 7.64. The SMILES string of the molecule is Cn1c(-c2cc(I)cc(I)c2O)nc2cccnc21. The molecule has 0 bridgehead atoms. The number of hydrogen-bond donors (Lipinski definition) is 1. The fourth-order valence-corrected chi connectivity index (χ4v) is 3.85. The average molecular weight is 477 g/mol. The van der Waals surface area contributed by atoms with Crippen molar-refractivity contribution in [1.82, 2.24) is 14.5 Å². The predicted octanol–water partition coefficient (Wildman–Crippen LogP) is 3.55. The Kier molecular flexibility index (Phi) is 3.37. The fourth-order valence-electron chi connectivity index (χ4n) is 2.00. The number of aryl methyl sites for hydroxylation is 1. The molecule has 0 amide bonds. The molecule has 19 heavy (non-hydrogen) atoms. The van der Waals surface area contributed by atoms with Crippen molar-refractivity contribution in [3.63, 3.8) is 0 Å². The Balaban J connectivity index is 2.33. The van der Waals surface area contributed by atoms with Crippen LogP contribution in [0.1, 0.15) is 0 Å². The smallest absolute Gasteiger partial charge is 0.160 e. The molecule has 3 rings (SSSR count). The lowest BCUT2D eigenvalue weighted by Gasteiger charge is -2.07. The number of nitrogens with zero attached hydrogens (tertiary/aromatic N) is 3. The van der Waals surface area contributed by atoms with Gasteiger partial charge in [-0.2, -0.15) is 0 Å². The van der Waals surface area contributed by atoms with Crippen molar-refractivity contribution in [1.29, 1.82) is 0 Å². The van der Waals surface area contributed by atoms with Gasteiger partial charge in [-0.15, -0.1) is 0 Å². The van der Waals surface area contributed by atoms with E-state index < -0.39 is 0 Å². The third kappa shape index (κ3) is 2.20. The molecule has 0 fully saturated rings. The summed E-state index contributed by atoms with van der Waals surface area (Å²) < 4.78 is 3.78. The maximum absolute atomic E-state index is 10.2. The summed E-state index contributed by atoms with van der Waals surface area (Å²) in [5.74, 6) is 0.988. The van der Waals surface area contributed by atoms with Gasteiger partial charge in [0.15, 0.2) is 5.65 Å². The van der Waals surface area contributed by atoms with E-state index in [9.17, 15) is 5.11 Å². The average Bonchev–Trinajstić information content (AvgIpc) is 2.72. The maximum atomic E-state index is 10.2. The predicted molar refractivity (Wildman–Crippen MR) is 91.0 cm³/mol. The van der Waals surface area contributed by atoms with E-state index in [1.807, 2.05) is 35.9 Å². The van der Waals surface area contributed by atoms with Crippen molar-refractivity contribution in [2.45, 2.75) is 0 Å². The fraction of sp³-hybridized carbons (Fsp3) is 0.0769. The quantitative estimate of drug-likeness (QED) is 0.546. The summed E-state index contributed by atoms with van der Waals surface area (Å²) in [6.45, 7) is 0. The molecule has 1 aromatic carbocycles. The lowest BCUT2D eigenvalue weighted by atomic mass is 10.2. The number of fused-ring (bicyclic) bond motifs is 1. The Morgan fingerprint density at radius 2 is 2.05 bits per heavy atom. The molecule has 0 aliphatic carbocycles. The highest BCUT2D eigenvalue weighted by Gasteiger charge is 2.16. The standard InChI is InChI=1S/C13H9I2N3O/c1-18-12(17-10-3-2-4-16-13(10)18)8-5-7(14)6-9(15)11(8)19/h2-6,19H,1H3. The van der Waals surface area contributed by atoms with E-state index in [4.69, 9.17) is 0 Å². The van der Waals surface area contributed by atoms with Gasteiger partial charge in [-0.05, 0) is 69.4 Å². The van der Waals surface area contributed by atoms with Crippen LogP contribution < -0.4 is 0 Å². The van der Waals surface area contributed by atoms with E-state index in [1.165, 1.54) is 0 Å². The Morgan fingerprint density at radius 1 is 1.26 bits per heavy atom. The number of halogens is 2. The van der Waals surface area contributed by atoms with Crippen LogP contribution in [0, 0.1) is 7.14 Å². The van der Waals surface area contributed by atoms with E-state index >= 15 is 0 Å². The third-order valence-electron chi connectivity index (χ3n) is 2.90. The molecule has 0 aliphatic rings. The molecule has 6 heteroatoms. The van der Waals surface area contributed by atoms with Gasteiger partial charge in [0.25, 0.3) is 0 Å². The molecule has 0 saturated heterocycles. The molecule has 3 aromatic rings. The Bertz CT molecular complexity index is 783. The third-order valence-corrected chi connectivity index (χ3v) is 4.34. The Morgan fingerprint density at radius 3 is 2.79 bits per heavy atom. The molecule has 0 aliphatic heterocycles. The van der Waals surface area contributed by atoms with Gasteiger partial charge >= 0.3 is 0 Å². The lowest BCUT2D eigenvalue weighted by Crippen LogP contribution is -1.95. The highest BCUT2D eigenvalue weighted by molar-refractivity contribution is 14.1. The van der Waals surface area contributed by atoms with Crippen molar-refractivity contribution in [2.75, 3.05) is 0 Å². The first-order valence-corrected chi connectivity index (χ1v) is 7.69. The first kappa shape index (κ1) is 13.1. The first-order chi connectivity index (χ1) is 9.08. The molecule has 96 valence electrons. The summed E-state index contributed by atoms with van der Waals surface area (Å²) >= 11 is 4.36. The van der Waals surface area contributed by atoms with Crippen molar-refractivity contribution < 1.29 is 5.11 Å². The second-order valence-electron chi connectivity index (χ2n) is 4.12. The van der Waals surface area contributed by atoms with Crippen LogP contribution in [0.4, 0.5) is 0 Å². The molecule has 2 aromatic heterocycles. The summed E-state index contributed by atoms with van der Waals surface area (Å²) in [5.41, 5.74) is 2.37. The molecule has 0 radical (unpaired) electrons. The van der Waals surface area contributed by atoms with Gasteiger partial charge in [-0.25, -0.2) is 9.97 Å². The van der Waals surface area contributed by atoms with Crippen LogP contribution in [0.15, 0.2) is 30.5 Å². The van der Waals surface area contributed by atoms with E-state index in [0.717, 1.165) is 29.7 Å². The van der Waals surface area contributed by atoms with Crippen LogP contribution in [0.2, 0.25) is 0 Å². The van der Waals surface area contributed by atoms with Crippen LogP contribution in [0.5, 0.6) is 5.75 Å². The highest BCUT2D eigenvalue weighted by Crippen LogP contribution is 2.35. The minimum absolute atomic E-state index is 0.263. The molecular weight excluding hydrogens is 468 g/mol. The zero-order chi connectivity index (χ0) is 13.6. The van der Waals surface area contributed by atoms with Crippen molar-refractivity contribution in [3.05, 3.63) is 37.6 Å². The Labute approximate surface area is 137 Å². The number of aromatic hydroxyl groups is 1. The molecule has 2 heterocycles. The van der Waals surface area contributed by atoms with Crippen molar-refractivity contribution in [2.24, 2.45) is 7.05 Å². The Hall–Kier alpha value is -0.900. The van der Waals surface area contributed by atoms with E-state index in [0.29, 0.717) is 0 Å². The number of hydrogen-bond acceptors (Lipinski definition) is 3. The molecule has 0 unspecified atom stereocenters. The van der Waals surface area contributed by atoms with Crippen LogP contribution >= 0.6 is 45.2 Å². The molecule has 4 nitrogen and oxygen atoms in total. The van der Waals surface area contributed by atoms with Gasteiger partial charge in [0.1, 0.15) is 17.1 Å². The van der Waals surface area contributed by atoms with Crippen LogP contribution in [0.25, 0.3) is 22.6 Å². The topological polar surface area (TPSA) is 50.9 Å². The van der Waals surface area contributed by atoms with E-state index in [-0.39, 0.29) is 5.75 Å². The normalized spacial score (nSPS) is 11.1. The molecule has 0 spiro atoms. The minimum atomic E-state index is 0.263. The van der Waals surface area contributed by atoms with Gasteiger partial charge < -0.3 is 9.67 Å². The molecular formula is C13H9I2N3O. The van der Waals surface area contributed by atoms with Crippen molar-refractivity contribution in [3.8, 4) is 17.1 Å². The lowest BCUT2D eigenvalue weighted by molar-refractivity contribution is 0.472. The van der Waals surface area contributed by atoms with Crippen LogP contribution in [-0.2, 0) is 7.05 Å². The van der Waals surface area contributed by atoms with Gasteiger partial charge in [-0.1, -0.05) is 0 Å². The van der Waals surface area contributed by atoms with Crippen LogP contribution in [0.3, 0.4) is 0 Å². The summed E-state index contributed by atoms with van der Waals surface area (Å²) in [4.78, 5) is 8.88. The van der Waals surface area contributed by atoms with Gasteiger partial charge in [0, 0.05) is 16.8 Å². The number of imidazole rings is 1. The minimum Gasteiger partial charge on any atom is -0.506 e. The summed E-state index contributed by atoms with van der Waals surface area (Å²) in [6.07, 6.45) is 1.74. The van der Waals surface area contributed by atoms with Crippen LogP contribution in [-0.4, -0.2) is 19.6 Å². The second-order valence-corrected chi connectivity index (χ2v) is 6.53. The molecule has 0 saturated carbocycles. The second kappa shape index (κ2) is 4.89. The zero-order valence-corrected chi connectivity index (χ0v) is 14.2. The number of benzene rings is 1. The number of aromatic nitrogens is 3. The number of rotatable bonds is 1. The zero-order valence-electron chi connectivity index (χ0n) is 9.93. The molecule has 1 N–H and O–H groups in total. The van der Waals surface area contributed by atoms with Gasteiger partial charge in [0.2, 0.25) is 0 Å². The number of phenolic OH excluding ortho intramolecular Hbond substituents is 1. The largest absolute Gasteiger partial charge is 0.506 e. The van der Waals surface area contributed by atoms with E-state index in [2.05, 4.69) is 55.1 Å². The number of phenols is 1. The monoisotopic (exact) mass is 477 g/mol. The van der Waals surface area contributed by atoms with Crippen molar-refractivity contribution >= 4 is 56.3 Å². The van der Waals surface area contributed by atoms with Gasteiger partial charge in [0.05, 0.1) is 9.13 Å². The maximum Gasteiger partial charge on any atom is 0.160 e. The van der Waals surface area contributed by atoms with E-state index in [1.54, 1.807) is 6.20 Å². The first-order valence-electron chi connectivity index (χ1n) is 5.54. The highest BCUT2D eigenvalue weighted by atomic mass is 127. The summed E-state index contributed by atoms with van der Waals surface area (Å²) in [7, 11) is 1.91. The number of pyridine rings is 1.